The van der Waals surface area contributed by atoms with Crippen LogP contribution in [0.5, 0.6) is 0 Å². The zero-order chi connectivity index (χ0) is 10.3. The van der Waals surface area contributed by atoms with E-state index < -0.39 is 12.0 Å². The Kier molecular flexibility index (Phi) is 5.93. The molecular formula is C9H17NO3. The van der Waals surface area contributed by atoms with E-state index in [1.807, 2.05) is 6.92 Å². The number of carboxylic acid groups (broad SMARTS) is 1. The Balaban J connectivity index is 3.80. The molecule has 0 saturated carbocycles. The summed E-state index contributed by atoms with van der Waals surface area (Å²) in [6.45, 7) is 3.72. The summed E-state index contributed by atoms with van der Waals surface area (Å²) in [7, 11) is 0. The first kappa shape index (κ1) is 11.9. The number of hydrogen-bond acceptors (Lipinski definition) is 2. The number of aliphatic carboxylic acids is 1. The molecule has 0 heterocycles. The number of rotatable bonds is 6. The fourth-order valence-electron chi connectivity index (χ4n) is 0.942. The van der Waals surface area contributed by atoms with Crippen molar-refractivity contribution in [1.82, 2.24) is 5.32 Å². The molecule has 0 aromatic rings. The average molecular weight is 187 g/mol. The van der Waals surface area contributed by atoms with Crippen molar-refractivity contribution < 1.29 is 14.7 Å². The third-order valence-electron chi connectivity index (χ3n) is 1.80. The van der Waals surface area contributed by atoms with Gasteiger partial charge in [-0.05, 0) is 12.8 Å². The highest BCUT2D eigenvalue weighted by atomic mass is 16.4. The standard InChI is InChI=1S/C9H17NO3/c1-3-5-6-8(11)10-7(4-2)9(12)13/h7H,3-6H2,1-2H3,(H,10,11)(H,12,13)/t7-/m1/s1. The van der Waals surface area contributed by atoms with E-state index >= 15 is 0 Å². The molecule has 1 amide bonds. The molecule has 0 aliphatic carbocycles. The molecule has 4 nitrogen and oxygen atoms in total. The van der Waals surface area contributed by atoms with Gasteiger partial charge in [0.25, 0.3) is 0 Å². The average Bonchev–Trinajstić information content (AvgIpc) is 2.10. The van der Waals surface area contributed by atoms with E-state index in [2.05, 4.69) is 5.32 Å². The lowest BCUT2D eigenvalue weighted by Gasteiger charge is -2.11. The van der Waals surface area contributed by atoms with Crippen molar-refractivity contribution in [1.29, 1.82) is 0 Å². The van der Waals surface area contributed by atoms with Crippen LogP contribution in [-0.2, 0) is 9.59 Å². The van der Waals surface area contributed by atoms with E-state index in [4.69, 9.17) is 5.11 Å². The van der Waals surface area contributed by atoms with E-state index in [0.717, 1.165) is 12.8 Å². The van der Waals surface area contributed by atoms with E-state index in [1.165, 1.54) is 0 Å². The summed E-state index contributed by atoms with van der Waals surface area (Å²) in [6, 6.07) is -0.732. The summed E-state index contributed by atoms with van der Waals surface area (Å²) in [5, 5.41) is 11.1. The minimum atomic E-state index is -0.965. The Morgan fingerprint density at radius 2 is 2.00 bits per heavy atom. The molecule has 0 aliphatic rings. The third kappa shape index (κ3) is 5.22. The second-order valence-electron chi connectivity index (χ2n) is 2.97. The minimum Gasteiger partial charge on any atom is -0.480 e. The summed E-state index contributed by atoms with van der Waals surface area (Å²) in [5.74, 6) is -1.14. The number of carbonyl (C=O) groups excluding carboxylic acids is 1. The van der Waals surface area contributed by atoms with Crippen molar-refractivity contribution in [3.05, 3.63) is 0 Å². The van der Waals surface area contributed by atoms with E-state index in [1.54, 1.807) is 6.92 Å². The van der Waals surface area contributed by atoms with Crippen LogP contribution in [0.2, 0.25) is 0 Å². The molecule has 0 rings (SSSR count). The summed E-state index contributed by atoms with van der Waals surface area (Å²) in [5.41, 5.74) is 0. The minimum absolute atomic E-state index is 0.170. The van der Waals surface area contributed by atoms with Crippen molar-refractivity contribution in [2.45, 2.75) is 45.6 Å². The molecule has 0 aromatic heterocycles. The van der Waals surface area contributed by atoms with Crippen LogP contribution in [0, 0.1) is 0 Å². The summed E-state index contributed by atoms with van der Waals surface area (Å²) < 4.78 is 0. The first-order valence-corrected chi connectivity index (χ1v) is 4.64. The SMILES string of the molecule is CCCCC(=O)N[C@H](CC)C(=O)O. The maximum absolute atomic E-state index is 11.1. The first-order valence-electron chi connectivity index (χ1n) is 4.64. The van der Waals surface area contributed by atoms with Gasteiger partial charge in [-0.25, -0.2) is 4.79 Å². The van der Waals surface area contributed by atoms with Gasteiger partial charge in [0.15, 0.2) is 0 Å². The third-order valence-corrected chi connectivity index (χ3v) is 1.80. The molecule has 0 bridgehead atoms. The van der Waals surface area contributed by atoms with E-state index in [-0.39, 0.29) is 5.91 Å². The largest absolute Gasteiger partial charge is 0.480 e. The van der Waals surface area contributed by atoms with Crippen molar-refractivity contribution in [2.75, 3.05) is 0 Å². The molecule has 0 aliphatic heterocycles. The molecule has 2 N–H and O–H groups in total. The summed E-state index contributed by atoms with van der Waals surface area (Å²) in [4.78, 5) is 21.6. The lowest BCUT2D eigenvalue weighted by molar-refractivity contribution is -0.141. The lowest BCUT2D eigenvalue weighted by Crippen LogP contribution is -2.40. The molecule has 0 saturated heterocycles. The summed E-state index contributed by atoms with van der Waals surface area (Å²) in [6.07, 6.45) is 2.59. The number of carboxylic acids is 1. The van der Waals surface area contributed by atoms with E-state index in [9.17, 15) is 9.59 Å². The molecular weight excluding hydrogens is 170 g/mol. The zero-order valence-corrected chi connectivity index (χ0v) is 8.17. The van der Waals surface area contributed by atoms with Crippen LogP contribution in [0.4, 0.5) is 0 Å². The smallest absolute Gasteiger partial charge is 0.326 e. The molecule has 13 heavy (non-hydrogen) atoms. The molecule has 0 unspecified atom stereocenters. The Labute approximate surface area is 78.3 Å². The van der Waals surface area contributed by atoms with Crippen LogP contribution in [-0.4, -0.2) is 23.0 Å². The van der Waals surface area contributed by atoms with Gasteiger partial charge in [0.1, 0.15) is 6.04 Å². The van der Waals surface area contributed by atoms with Gasteiger partial charge in [-0.15, -0.1) is 0 Å². The predicted molar refractivity (Wildman–Crippen MR) is 49.4 cm³/mol. The van der Waals surface area contributed by atoms with Gasteiger partial charge in [-0.1, -0.05) is 20.3 Å². The quantitative estimate of drug-likeness (QED) is 0.655. The number of hydrogen-bond donors (Lipinski definition) is 2. The monoisotopic (exact) mass is 187 g/mol. The predicted octanol–water partition coefficient (Wildman–Crippen LogP) is 1.16. The lowest BCUT2D eigenvalue weighted by atomic mass is 10.2. The first-order chi connectivity index (χ1) is 6.11. The molecule has 0 aromatic carbocycles. The van der Waals surface area contributed by atoms with Gasteiger partial charge in [0, 0.05) is 6.42 Å². The topological polar surface area (TPSA) is 66.4 Å². The highest BCUT2D eigenvalue weighted by Crippen LogP contribution is 1.96. The Morgan fingerprint density at radius 3 is 2.38 bits per heavy atom. The number of unbranched alkanes of at least 4 members (excludes halogenated alkanes) is 1. The molecule has 0 spiro atoms. The summed E-state index contributed by atoms with van der Waals surface area (Å²) >= 11 is 0. The molecule has 0 fully saturated rings. The van der Waals surface area contributed by atoms with Crippen LogP contribution in [0.1, 0.15) is 39.5 Å². The second kappa shape index (κ2) is 6.46. The maximum Gasteiger partial charge on any atom is 0.326 e. The highest BCUT2D eigenvalue weighted by molar-refractivity contribution is 5.83. The molecule has 0 radical (unpaired) electrons. The van der Waals surface area contributed by atoms with Crippen molar-refractivity contribution in [3.63, 3.8) is 0 Å². The van der Waals surface area contributed by atoms with Gasteiger partial charge >= 0.3 is 5.97 Å². The van der Waals surface area contributed by atoms with Crippen molar-refractivity contribution in [3.8, 4) is 0 Å². The number of amides is 1. The zero-order valence-electron chi connectivity index (χ0n) is 8.17. The Bertz CT molecular complexity index is 180. The second-order valence-corrected chi connectivity index (χ2v) is 2.97. The van der Waals surface area contributed by atoms with Gasteiger partial charge in [-0.3, -0.25) is 4.79 Å². The molecule has 76 valence electrons. The van der Waals surface area contributed by atoms with E-state index in [0.29, 0.717) is 12.8 Å². The Hall–Kier alpha value is -1.06. The van der Waals surface area contributed by atoms with Gasteiger partial charge in [0.05, 0.1) is 0 Å². The number of nitrogens with one attached hydrogen (secondary N) is 1. The van der Waals surface area contributed by atoms with Gasteiger partial charge < -0.3 is 10.4 Å². The van der Waals surface area contributed by atoms with Crippen LogP contribution in [0.25, 0.3) is 0 Å². The van der Waals surface area contributed by atoms with Gasteiger partial charge in [-0.2, -0.15) is 0 Å². The van der Waals surface area contributed by atoms with Gasteiger partial charge in [0.2, 0.25) is 5.91 Å². The normalized spacial score (nSPS) is 12.2. The maximum atomic E-state index is 11.1. The van der Waals surface area contributed by atoms with Crippen molar-refractivity contribution in [2.24, 2.45) is 0 Å². The molecule has 4 heteroatoms. The molecule has 1 atom stereocenters. The fourth-order valence-corrected chi connectivity index (χ4v) is 0.942. The Morgan fingerprint density at radius 1 is 1.38 bits per heavy atom. The van der Waals surface area contributed by atoms with Crippen LogP contribution in [0.15, 0.2) is 0 Å². The number of carbonyl (C=O) groups is 2. The van der Waals surface area contributed by atoms with Crippen LogP contribution in [0.3, 0.4) is 0 Å². The fraction of sp³-hybridized carbons (Fsp3) is 0.778. The van der Waals surface area contributed by atoms with Crippen LogP contribution >= 0.6 is 0 Å². The van der Waals surface area contributed by atoms with Crippen molar-refractivity contribution >= 4 is 11.9 Å². The highest BCUT2D eigenvalue weighted by Gasteiger charge is 2.16. The van der Waals surface area contributed by atoms with Crippen LogP contribution < -0.4 is 5.32 Å².